The summed E-state index contributed by atoms with van der Waals surface area (Å²) in [5.41, 5.74) is 1.29. The first kappa shape index (κ1) is 25.2. The average Bonchev–Trinajstić information content (AvgIpc) is 2.96. The average molecular weight is 468 g/mol. The highest BCUT2D eigenvalue weighted by Gasteiger charge is 2.45. The number of amides is 2. The summed E-state index contributed by atoms with van der Waals surface area (Å²) >= 11 is 0. The lowest BCUT2D eigenvalue weighted by Crippen LogP contribution is -2.36. The molecule has 0 atom stereocenters. The van der Waals surface area contributed by atoms with Crippen LogP contribution >= 0.6 is 0 Å². The minimum absolute atomic E-state index is 0.0822. The van der Waals surface area contributed by atoms with Gasteiger partial charge in [0.25, 0.3) is 5.69 Å². The van der Waals surface area contributed by atoms with Crippen LogP contribution in [0.3, 0.4) is 0 Å². The standard InChI is InChI=1S/C26H33N3O5/c1-6-7-14-28-22-16-23(29(32)33)21(15-20(22)26(4,5)25(28)31)27-24(30)13-10-18-8-11-19(12-9-18)34-17(2)3/h8-9,11-12,15-17H,6-7,10,13-14H2,1-5H3,(H,27,30). The van der Waals surface area contributed by atoms with Crippen LogP contribution in [-0.2, 0) is 21.4 Å². The highest BCUT2D eigenvalue weighted by Crippen LogP contribution is 2.46. The Hall–Kier alpha value is -3.42. The predicted octanol–water partition coefficient (Wildman–Crippen LogP) is 5.38. The number of carbonyl (C=O) groups is 2. The van der Waals surface area contributed by atoms with Crippen molar-refractivity contribution in [2.24, 2.45) is 0 Å². The van der Waals surface area contributed by atoms with Gasteiger partial charge in [-0.2, -0.15) is 0 Å². The normalized spacial score (nSPS) is 14.3. The third-order valence-corrected chi connectivity index (χ3v) is 6.00. The van der Waals surface area contributed by atoms with Gasteiger partial charge in [0.2, 0.25) is 11.8 Å². The second-order valence-electron chi connectivity index (χ2n) is 9.44. The quantitative estimate of drug-likeness (QED) is 0.373. The van der Waals surface area contributed by atoms with Crippen molar-refractivity contribution < 1.29 is 19.2 Å². The van der Waals surface area contributed by atoms with Gasteiger partial charge in [-0.1, -0.05) is 25.5 Å². The summed E-state index contributed by atoms with van der Waals surface area (Å²) in [4.78, 5) is 38.6. The van der Waals surface area contributed by atoms with Gasteiger partial charge in [-0.3, -0.25) is 19.7 Å². The van der Waals surface area contributed by atoms with Crippen molar-refractivity contribution in [3.8, 4) is 5.75 Å². The van der Waals surface area contributed by atoms with Crippen molar-refractivity contribution in [2.45, 2.75) is 71.8 Å². The lowest BCUT2D eigenvalue weighted by molar-refractivity contribution is -0.383. The van der Waals surface area contributed by atoms with E-state index in [9.17, 15) is 19.7 Å². The summed E-state index contributed by atoms with van der Waals surface area (Å²) in [5.74, 6) is 0.358. The number of rotatable bonds is 10. The first-order valence-corrected chi connectivity index (χ1v) is 11.7. The maximum absolute atomic E-state index is 13.0. The Morgan fingerprint density at radius 1 is 1.21 bits per heavy atom. The lowest BCUT2D eigenvalue weighted by atomic mass is 9.85. The number of ether oxygens (including phenoxy) is 1. The van der Waals surface area contributed by atoms with E-state index in [1.165, 1.54) is 6.07 Å². The van der Waals surface area contributed by atoms with E-state index in [4.69, 9.17) is 4.74 Å². The van der Waals surface area contributed by atoms with E-state index in [-0.39, 0.29) is 35.7 Å². The largest absolute Gasteiger partial charge is 0.491 e. The number of nitro groups is 1. The number of benzene rings is 2. The molecule has 3 rings (SSSR count). The van der Waals surface area contributed by atoms with Crippen molar-refractivity contribution in [1.29, 1.82) is 0 Å². The molecule has 0 radical (unpaired) electrons. The van der Waals surface area contributed by atoms with Crippen molar-refractivity contribution in [1.82, 2.24) is 0 Å². The Labute approximate surface area is 200 Å². The van der Waals surface area contributed by atoms with Crippen LogP contribution < -0.4 is 15.0 Å². The van der Waals surface area contributed by atoms with Gasteiger partial charge in [0, 0.05) is 19.0 Å². The monoisotopic (exact) mass is 467 g/mol. The molecule has 0 spiro atoms. The summed E-state index contributed by atoms with van der Waals surface area (Å²) < 4.78 is 5.63. The van der Waals surface area contributed by atoms with Gasteiger partial charge in [0.1, 0.15) is 11.4 Å². The zero-order valence-corrected chi connectivity index (χ0v) is 20.5. The first-order valence-electron chi connectivity index (χ1n) is 11.7. The Morgan fingerprint density at radius 3 is 2.47 bits per heavy atom. The van der Waals surface area contributed by atoms with Crippen LogP contribution in [0.25, 0.3) is 0 Å². The predicted molar refractivity (Wildman–Crippen MR) is 133 cm³/mol. The van der Waals surface area contributed by atoms with Gasteiger partial charge >= 0.3 is 0 Å². The number of aryl methyl sites for hydroxylation is 1. The molecule has 2 amide bonds. The van der Waals surface area contributed by atoms with Crippen LogP contribution in [0.4, 0.5) is 17.1 Å². The van der Waals surface area contributed by atoms with E-state index in [2.05, 4.69) is 5.32 Å². The molecule has 0 aromatic heterocycles. The van der Waals surface area contributed by atoms with Crippen LogP contribution in [-0.4, -0.2) is 29.4 Å². The highest BCUT2D eigenvalue weighted by atomic mass is 16.6. The molecule has 182 valence electrons. The zero-order valence-electron chi connectivity index (χ0n) is 20.5. The molecule has 2 aromatic rings. The van der Waals surface area contributed by atoms with E-state index in [1.54, 1.807) is 11.0 Å². The van der Waals surface area contributed by atoms with Gasteiger partial charge in [-0.15, -0.1) is 0 Å². The summed E-state index contributed by atoms with van der Waals surface area (Å²) in [6.07, 6.45) is 2.45. The molecule has 2 aromatic carbocycles. The maximum atomic E-state index is 13.0. The number of hydrogen-bond donors (Lipinski definition) is 1. The van der Waals surface area contributed by atoms with Crippen LogP contribution in [0.1, 0.15) is 65.0 Å². The summed E-state index contributed by atoms with van der Waals surface area (Å²) in [5, 5.41) is 14.5. The highest BCUT2D eigenvalue weighted by molar-refractivity contribution is 6.09. The van der Waals surface area contributed by atoms with Crippen molar-refractivity contribution >= 4 is 28.9 Å². The van der Waals surface area contributed by atoms with Crippen LogP contribution in [0.5, 0.6) is 5.75 Å². The topological polar surface area (TPSA) is 102 Å². The van der Waals surface area contributed by atoms with Crippen molar-refractivity contribution in [3.63, 3.8) is 0 Å². The van der Waals surface area contributed by atoms with Gasteiger partial charge in [-0.25, -0.2) is 0 Å². The first-order chi connectivity index (χ1) is 16.0. The molecule has 8 nitrogen and oxygen atoms in total. The van der Waals surface area contributed by atoms with Gasteiger partial charge in [0.05, 0.1) is 22.1 Å². The number of hydrogen-bond acceptors (Lipinski definition) is 5. The number of carbonyl (C=O) groups excluding carboxylic acids is 2. The van der Waals surface area contributed by atoms with Crippen LogP contribution in [0.15, 0.2) is 36.4 Å². The molecule has 8 heteroatoms. The van der Waals surface area contributed by atoms with E-state index in [1.807, 2.05) is 58.9 Å². The minimum atomic E-state index is -0.822. The Morgan fingerprint density at radius 2 is 1.88 bits per heavy atom. The smallest absolute Gasteiger partial charge is 0.294 e. The number of fused-ring (bicyclic) bond motifs is 1. The molecule has 34 heavy (non-hydrogen) atoms. The fourth-order valence-corrected chi connectivity index (χ4v) is 4.13. The van der Waals surface area contributed by atoms with Gasteiger partial charge in [0.15, 0.2) is 0 Å². The summed E-state index contributed by atoms with van der Waals surface area (Å²) in [6.45, 7) is 10.1. The Balaban J connectivity index is 1.78. The fraction of sp³-hybridized carbons (Fsp3) is 0.462. The molecular formula is C26H33N3O5. The Bertz CT molecular complexity index is 1080. The molecule has 0 saturated carbocycles. The number of nitro benzene ring substituents is 1. The molecule has 0 bridgehead atoms. The van der Waals surface area contributed by atoms with Crippen LogP contribution in [0, 0.1) is 10.1 Å². The maximum Gasteiger partial charge on any atom is 0.294 e. The minimum Gasteiger partial charge on any atom is -0.491 e. The van der Waals surface area contributed by atoms with Crippen molar-refractivity contribution in [3.05, 3.63) is 57.6 Å². The number of unbranched alkanes of at least 4 members (excludes halogenated alkanes) is 1. The molecule has 0 unspecified atom stereocenters. The SMILES string of the molecule is CCCCN1C(=O)C(C)(C)c2cc(NC(=O)CCc3ccc(OC(C)C)cc3)c([N+](=O)[O-])cc21. The number of nitrogens with zero attached hydrogens (tertiary/aromatic N) is 2. The van der Waals surface area contributed by atoms with Gasteiger partial charge in [-0.05, 0) is 69.9 Å². The van der Waals surface area contributed by atoms with Gasteiger partial charge < -0.3 is 15.0 Å². The molecule has 1 N–H and O–H groups in total. The van der Waals surface area contributed by atoms with E-state index in [0.29, 0.717) is 24.2 Å². The Kier molecular flexibility index (Phi) is 7.59. The van der Waals surface area contributed by atoms with Crippen LogP contribution in [0.2, 0.25) is 0 Å². The molecule has 0 fully saturated rings. The molecule has 1 heterocycles. The fourth-order valence-electron chi connectivity index (χ4n) is 4.13. The molecular weight excluding hydrogens is 434 g/mol. The van der Waals surface area contributed by atoms with Crippen molar-refractivity contribution in [2.75, 3.05) is 16.8 Å². The molecule has 1 aliphatic heterocycles. The third-order valence-electron chi connectivity index (χ3n) is 6.00. The van der Waals surface area contributed by atoms with E-state index in [0.717, 1.165) is 24.2 Å². The molecule has 1 aliphatic rings. The lowest BCUT2D eigenvalue weighted by Gasteiger charge is -2.19. The third kappa shape index (κ3) is 5.38. The zero-order chi connectivity index (χ0) is 25.0. The molecule has 0 saturated heterocycles. The summed E-state index contributed by atoms with van der Waals surface area (Å²) in [6, 6.07) is 10.5. The number of anilines is 2. The number of nitrogens with one attached hydrogen (secondary N) is 1. The second kappa shape index (κ2) is 10.2. The van der Waals surface area contributed by atoms with E-state index >= 15 is 0 Å². The van der Waals surface area contributed by atoms with E-state index < -0.39 is 10.3 Å². The molecule has 0 aliphatic carbocycles. The second-order valence-corrected chi connectivity index (χ2v) is 9.44. The summed E-state index contributed by atoms with van der Waals surface area (Å²) in [7, 11) is 0.